The van der Waals surface area contributed by atoms with E-state index in [9.17, 15) is 14.9 Å². The Labute approximate surface area is 111 Å². The summed E-state index contributed by atoms with van der Waals surface area (Å²) in [4.78, 5) is 22.0. The number of nitro groups is 1. The summed E-state index contributed by atoms with van der Waals surface area (Å²) in [5.41, 5.74) is 0.905. The number of amides is 1. The van der Waals surface area contributed by atoms with Crippen LogP contribution in [0.5, 0.6) is 0 Å². The molecule has 0 spiro atoms. The Kier molecular flexibility index (Phi) is 5.95. The summed E-state index contributed by atoms with van der Waals surface area (Å²) in [6.45, 7) is 2.31. The number of unbranched alkanes of at least 4 members (excludes halogenated alkanes) is 2. The average molecular weight is 266 g/mol. The molecule has 0 saturated heterocycles. The topological polar surface area (TPSA) is 92.5 Å². The van der Waals surface area contributed by atoms with Gasteiger partial charge in [-0.1, -0.05) is 0 Å². The number of carbonyl (C=O) groups excluding carboxylic acids is 1. The number of hydrogen-bond acceptors (Lipinski definition) is 4. The maximum Gasteiger partial charge on any atom is 0.272 e. The molecule has 0 aliphatic rings. The van der Waals surface area contributed by atoms with E-state index in [4.69, 9.17) is 5.11 Å². The van der Waals surface area contributed by atoms with Crippen molar-refractivity contribution in [3.63, 3.8) is 0 Å². The molecule has 1 aromatic rings. The lowest BCUT2D eigenvalue weighted by atomic mass is 10.1. The molecule has 1 amide bonds. The lowest BCUT2D eigenvalue weighted by Gasteiger charge is -2.06. The number of nitro benzene ring substituents is 1. The van der Waals surface area contributed by atoms with Gasteiger partial charge in [-0.3, -0.25) is 14.9 Å². The van der Waals surface area contributed by atoms with E-state index in [1.807, 2.05) is 0 Å². The predicted octanol–water partition coefficient (Wildman–Crippen LogP) is 1.80. The number of aliphatic hydroxyl groups is 1. The minimum Gasteiger partial charge on any atom is -0.396 e. The van der Waals surface area contributed by atoms with Crippen LogP contribution in [0.2, 0.25) is 0 Å². The molecule has 0 fully saturated rings. The van der Waals surface area contributed by atoms with Crippen LogP contribution in [0.3, 0.4) is 0 Å². The van der Waals surface area contributed by atoms with Gasteiger partial charge in [0.25, 0.3) is 11.6 Å². The largest absolute Gasteiger partial charge is 0.396 e. The van der Waals surface area contributed by atoms with Crippen LogP contribution in [0.25, 0.3) is 0 Å². The number of nitrogens with one attached hydrogen (secondary N) is 1. The van der Waals surface area contributed by atoms with Gasteiger partial charge in [0.05, 0.1) is 4.92 Å². The van der Waals surface area contributed by atoms with Gasteiger partial charge >= 0.3 is 0 Å². The maximum absolute atomic E-state index is 11.8. The van der Waals surface area contributed by atoms with Gasteiger partial charge in [0, 0.05) is 30.3 Å². The fourth-order valence-corrected chi connectivity index (χ4v) is 1.72. The molecule has 6 heteroatoms. The molecule has 0 aliphatic heterocycles. The highest BCUT2D eigenvalue weighted by molar-refractivity contribution is 5.94. The molecule has 0 radical (unpaired) electrons. The molecule has 0 aromatic heterocycles. The first-order valence-electron chi connectivity index (χ1n) is 6.20. The monoisotopic (exact) mass is 266 g/mol. The van der Waals surface area contributed by atoms with E-state index < -0.39 is 4.92 Å². The van der Waals surface area contributed by atoms with Crippen LogP contribution in [-0.2, 0) is 0 Å². The summed E-state index contributed by atoms with van der Waals surface area (Å²) >= 11 is 0. The van der Waals surface area contributed by atoms with E-state index in [2.05, 4.69) is 5.32 Å². The van der Waals surface area contributed by atoms with Crippen molar-refractivity contribution >= 4 is 11.6 Å². The van der Waals surface area contributed by atoms with Crippen molar-refractivity contribution in [2.24, 2.45) is 0 Å². The molecule has 104 valence electrons. The van der Waals surface area contributed by atoms with Crippen LogP contribution >= 0.6 is 0 Å². The SMILES string of the molecule is Cc1cc(C(=O)NCCCCCO)ccc1[N+](=O)[O-]. The van der Waals surface area contributed by atoms with Gasteiger partial charge in [-0.2, -0.15) is 0 Å². The average Bonchev–Trinajstić information content (AvgIpc) is 2.37. The molecule has 19 heavy (non-hydrogen) atoms. The molecule has 1 aromatic carbocycles. The summed E-state index contributed by atoms with van der Waals surface area (Å²) in [7, 11) is 0. The smallest absolute Gasteiger partial charge is 0.272 e. The Hall–Kier alpha value is -1.95. The Morgan fingerprint density at radius 1 is 1.37 bits per heavy atom. The van der Waals surface area contributed by atoms with Gasteiger partial charge in [-0.05, 0) is 38.3 Å². The second-order valence-electron chi connectivity index (χ2n) is 4.30. The van der Waals surface area contributed by atoms with Crippen molar-refractivity contribution in [3.8, 4) is 0 Å². The lowest BCUT2D eigenvalue weighted by molar-refractivity contribution is -0.385. The van der Waals surface area contributed by atoms with E-state index in [0.29, 0.717) is 17.7 Å². The van der Waals surface area contributed by atoms with Crippen molar-refractivity contribution in [2.75, 3.05) is 13.2 Å². The van der Waals surface area contributed by atoms with E-state index in [0.717, 1.165) is 19.3 Å². The molecule has 0 unspecified atom stereocenters. The summed E-state index contributed by atoms with van der Waals surface area (Å²) in [6.07, 6.45) is 2.39. The van der Waals surface area contributed by atoms with Gasteiger partial charge in [0.15, 0.2) is 0 Å². The standard InChI is InChI=1S/C13H18N2O4/c1-10-9-11(5-6-12(10)15(18)19)13(17)14-7-3-2-4-8-16/h5-6,9,16H,2-4,7-8H2,1H3,(H,14,17). The molecular weight excluding hydrogens is 248 g/mol. The molecule has 0 atom stereocenters. The maximum atomic E-state index is 11.8. The first-order chi connectivity index (χ1) is 9.06. The summed E-state index contributed by atoms with van der Waals surface area (Å²) in [5.74, 6) is -0.234. The third-order valence-electron chi connectivity index (χ3n) is 2.78. The van der Waals surface area contributed by atoms with Gasteiger partial charge in [-0.25, -0.2) is 0 Å². The highest BCUT2D eigenvalue weighted by Gasteiger charge is 2.13. The van der Waals surface area contributed by atoms with E-state index in [1.165, 1.54) is 18.2 Å². The second-order valence-corrected chi connectivity index (χ2v) is 4.30. The second kappa shape index (κ2) is 7.48. The van der Waals surface area contributed by atoms with Crippen molar-refractivity contribution in [2.45, 2.75) is 26.2 Å². The van der Waals surface area contributed by atoms with Crippen molar-refractivity contribution < 1.29 is 14.8 Å². The Morgan fingerprint density at radius 2 is 2.11 bits per heavy atom. The summed E-state index contributed by atoms with van der Waals surface area (Å²) < 4.78 is 0. The first kappa shape index (κ1) is 15.1. The number of aryl methyl sites for hydroxylation is 1. The summed E-state index contributed by atoms with van der Waals surface area (Å²) in [5, 5.41) is 22.0. The highest BCUT2D eigenvalue weighted by Crippen LogP contribution is 2.18. The van der Waals surface area contributed by atoms with Crippen molar-refractivity contribution in [1.82, 2.24) is 5.32 Å². The van der Waals surface area contributed by atoms with Crippen LogP contribution < -0.4 is 5.32 Å². The zero-order valence-corrected chi connectivity index (χ0v) is 10.9. The minimum atomic E-state index is -0.466. The van der Waals surface area contributed by atoms with E-state index in [1.54, 1.807) is 6.92 Å². The van der Waals surface area contributed by atoms with Crippen LogP contribution in [-0.4, -0.2) is 29.1 Å². The quantitative estimate of drug-likeness (QED) is 0.447. The van der Waals surface area contributed by atoms with Crippen LogP contribution in [0.4, 0.5) is 5.69 Å². The molecule has 1 rings (SSSR count). The normalized spacial score (nSPS) is 10.2. The van der Waals surface area contributed by atoms with Gasteiger partial charge < -0.3 is 10.4 Å². The van der Waals surface area contributed by atoms with E-state index in [-0.39, 0.29) is 18.2 Å². The van der Waals surface area contributed by atoms with Crippen molar-refractivity contribution in [3.05, 3.63) is 39.4 Å². The van der Waals surface area contributed by atoms with Crippen LogP contribution in [0.15, 0.2) is 18.2 Å². The molecule has 0 heterocycles. The van der Waals surface area contributed by atoms with E-state index >= 15 is 0 Å². The Balaban J connectivity index is 2.53. The molecule has 0 bridgehead atoms. The zero-order chi connectivity index (χ0) is 14.3. The molecule has 6 nitrogen and oxygen atoms in total. The van der Waals surface area contributed by atoms with Crippen LogP contribution in [0.1, 0.15) is 35.2 Å². The number of carbonyl (C=O) groups is 1. The molecule has 2 N–H and O–H groups in total. The third-order valence-corrected chi connectivity index (χ3v) is 2.78. The van der Waals surface area contributed by atoms with Gasteiger partial charge in [0.2, 0.25) is 0 Å². The third kappa shape index (κ3) is 4.67. The number of rotatable bonds is 7. The number of nitrogens with zero attached hydrogens (tertiary/aromatic N) is 1. The summed E-state index contributed by atoms with van der Waals surface area (Å²) in [6, 6.07) is 4.31. The molecular formula is C13H18N2O4. The number of aliphatic hydroxyl groups excluding tert-OH is 1. The minimum absolute atomic E-state index is 0.0134. The predicted molar refractivity (Wildman–Crippen MR) is 71.1 cm³/mol. The Morgan fingerprint density at radius 3 is 2.68 bits per heavy atom. The molecule has 0 saturated carbocycles. The van der Waals surface area contributed by atoms with Crippen molar-refractivity contribution in [1.29, 1.82) is 0 Å². The number of hydrogen-bond donors (Lipinski definition) is 2. The highest BCUT2D eigenvalue weighted by atomic mass is 16.6. The zero-order valence-electron chi connectivity index (χ0n) is 10.9. The van der Waals surface area contributed by atoms with Gasteiger partial charge in [-0.15, -0.1) is 0 Å². The number of benzene rings is 1. The fraction of sp³-hybridized carbons (Fsp3) is 0.462. The fourth-order valence-electron chi connectivity index (χ4n) is 1.72. The molecule has 0 aliphatic carbocycles. The van der Waals surface area contributed by atoms with Gasteiger partial charge in [0.1, 0.15) is 0 Å². The lowest BCUT2D eigenvalue weighted by Crippen LogP contribution is -2.24. The first-order valence-corrected chi connectivity index (χ1v) is 6.20. The van der Waals surface area contributed by atoms with Crippen LogP contribution in [0, 0.1) is 17.0 Å². The Bertz CT molecular complexity index is 460.